The lowest BCUT2D eigenvalue weighted by Gasteiger charge is -2.11. The normalized spacial score (nSPS) is 12.4. The summed E-state index contributed by atoms with van der Waals surface area (Å²) in [5.74, 6) is 0.683. The molecule has 0 heteroatoms. The van der Waals surface area contributed by atoms with Gasteiger partial charge in [0.1, 0.15) is 0 Å². The highest BCUT2D eigenvalue weighted by molar-refractivity contribution is 5.34. The van der Waals surface area contributed by atoms with E-state index in [0.29, 0.717) is 5.92 Å². The van der Waals surface area contributed by atoms with Gasteiger partial charge in [-0.15, -0.1) is 13.2 Å². The van der Waals surface area contributed by atoms with E-state index in [1.54, 1.807) is 0 Å². The highest BCUT2D eigenvalue weighted by atomic mass is 14.1. The Kier molecular flexibility index (Phi) is 13.5. The summed E-state index contributed by atoms with van der Waals surface area (Å²) in [6, 6.07) is 6.58. The van der Waals surface area contributed by atoms with E-state index in [1.165, 1.54) is 87.3 Å². The van der Waals surface area contributed by atoms with Gasteiger partial charge in [0.2, 0.25) is 0 Å². The van der Waals surface area contributed by atoms with Crippen LogP contribution in [-0.4, -0.2) is 0 Å². The van der Waals surface area contributed by atoms with Gasteiger partial charge < -0.3 is 0 Å². The minimum Gasteiger partial charge on any atom is -0.103 e. The van der Waals surface area contributed by atoms with Crippen LogP contribution in [0.4, 0.5) is 0 Å². The summed E-state index contributed by atoms with van der Waals surface area (Å²) in [6.07, 6.45) is 24.5. The Labute approximate surface area is 169 Å². The smallest absolute Gasteiger partial charge is 0.00922 e. The average Bonchev–Trinajstić information content (AvgIpc) is 2.66. The van der Waals surface area contributed by atoms with Gasteiger partial charge in [-0.1, -0.05) is 81.0 Å². The van der Waals surface area contributed by atoms with E-state index in [2.05, 4.69) is 63.4 Å². The second-order valence-electron chi connectivity index (χ2n) is 7.96. The third-order valence-corrected chi connectivity index (χ3v) is 5.65. The van der Waals surface area contributed by atoms with Crippen LogP contribution < -0.4 is 0 Å². The second kappa shape index (κ2) is 15.5. The number of aryl methyl sites for hydroxylation is 2. The van der Waals surface area contributed by atoms with Gasteiger partial charge in [0.15, 0.2) is 0 Å². The van der Waals surface area contributed by atoms with E-state index >= 15 is 0 Å². The van der Waals surface area contributed by atoms with Gasteiger partial charge in [0, 0.05) is 0 Å². The molecule has 150 valence electrons. The molecule has 0 radical (unpaired) electrons. The molecule has 0 heterocycles. The van der Waals surface area contributed by atoms with Gasteiger partial charge in [-0.2, -0.15) is 0 Å². The fourth-order valence-electron chi connectivity index (χ4n) is 3.76. The molecule has 0 saturated carbocycles. The standard InChI is InChI=1S/C27H42/c1-5-7-8-9-10-11-12-13-15-21-26(6-2)22-16-14-17-23-27-24(3)19-18-20-25(27)4/h5-6,14,17-20,26H,1-2,7-13,15-16,21-23H2,3-4H3/b17-14+. The van der Waals surface area contributed by atoms with E-state index in [9.17, 15) is 0 Å². The predicted molar refractivity (Wildman–Crippen MR) is 123 cm³/mol. The third-order valence-electron chi connectivity index (χ3n) is 5.65. The van der Waals surface area contributed by atoms with Crippen LogP contribution in [0.1, 0.15) is 87.3 Å². The molecule has 0 saturated heterocycles. The van der Waals surface area contributed by atoms with E-state index < -0.39 is 0 Å². The van der Waals surface area contributed by atoms with E-state index in [0.717, 1.165) is 6.42 Å². The summed E-state index contributed by atoms with van der Waals surface area (Å²) < 4.78 is 0. The molecule has 27 heavy (non-hydrogen) atoms. The maximum absolute atomic E-state index is 4.06. The van der Waals surface area contributed by atoms with Gasteiger partial charge >= 0.3 is 0 Å². The Morgan fingerprint density at radius 3 is 2.04 bits per heavy atom. The fourth-order valence-corrected chi connectivity index (χ4v) is 3.76. The SMILES string of the molecule is C=CCCCCCCCCCC(C=C)CC/C=C/Cc1c(C)cccc1C. The molecule has 0 nitrogen and oxygen atoms in total. The zero-order valence-corrected chi connectivity index (χ0v) is 18.0. The van der Waals surface area contributed by atoms with Crippen LogP contribution in [0, 0.1) is 19.8 Å². The average molecular weight is 367 g/mol. The summed E-state index contributed by atoms with van der Waals surface area (Å²) >= 11 is 0. The summed E-state index contributed by atoms with van der Waals surface area (Å²) in [7, 11) is 0. The Hall–Kier alpha value is -1.56. The zero-order valence-electron chi connectivity index (χ0n) is 18.0. The molecular weight excluding hydrogens is 324 g/mol. The van der Waals surface area contributed by atoms with Crippen molar-refractivity contribution in [3.05, 3.63) is 72.4 Å². The molecule has 1 atom stereocenters. The Morgan fingerprint density at radius 2 is 1.41 bits per heavy atom. The monoisotopic (exact) mass is 366 g/mol. The first-order valence-electron chi connectivity index (χ1n) is 11.1. The maximum Gasteiger partial charge on any atom is -0.00922 e. The lowest BCUT2D eigenvalue weighted by molar-refractivity contribution is 0.494. The van der Waals surface area contributed by atoms with Crippen molar-refractivity contribution >= 4 is 0 Å². The van der Waals surface area contributed by atoms with Crippen molar-refractivity contribution in [3.8, 4) is 0 Å². The molecule has 0 amide bonds. The molecule has 0 fully saturated rings. The number of benzene rings is 1. The van der Waals surface area contributed by atoms with Gasteiger partial charge in [0.05, 0.1) is 0 Å². The van der Waals surface area contributed by atoms with Crippen LogP contribution in [0.15, 0.2) is 55.7 Å². The molecule has 1 aromatic rings. The van der Waals surface area contributed by atoms with Crippen molar-refractivity contribution in [1.29, 1.82) is 0 Å². The number of unbranched alkanes of at least 4 members (excludes halogenated alkanes) is 7. The molecule has 0 aliphatic heterocycles. The summed E-state index contributed by atoms with van der Waals surface area (Å²) in [6.45, 7) is 12.3. The predicted octanol–water partition coefficient (Wildman–Crippen LogP) is 8.68. The lowest BCUT2D eigenvalue weighted by atomic mass is 9.95. The van der Waals surface area contributed by atoms with E-state index in [4.69, 9.17) is 0 Å². The first kappa shape index (κ1) is 23.5. The van der Waals surface area contributed by atoms with E-state index in [1.807, 2.05) is 6.08 Å². The number of allylic oxidation sites excluding steroid dienone is 4. The Morgan fingerprint density at radius 1 is 0.778 bits per heavy atom. The molecule has 0 aromatic heterocycles. The quantitative estimate of drug-likeness (QED) is 0.203. The molecule has 1 aromatic carbocycles. The van der Waals surface area contributed by atoms with Crippen molar-refractivity contribution in [2.45, 2.75) is 90.9 Å². The zero-order chi connectivity index (χ0) is 19.7. The first-order valence-corrected chi connectivity index (χ1v) is 11.1. The molecule has 0 N–H and O–H groups in total. The van der Waals surface area contributed by atoms with Crippen LogP contribution in [0.3, 0.4) is 0 Å². The van der Waals surface area contributed by atoms with Crippen molar-refractivity contribution in [3.63, 3.8) is 0 Å². The molecule has 0 aliphatic carbocycles. The molecule has 0 aliphatic rings. The fraction of sp³-hybridized carbons (Fsp3) is 0.556. The molecule has 1 rings (SSSR count). The largest absolute Gasteiger partial charge is 0.103 e. The van der Waals surface area contributed by atoms with Crippen molar-refractivity contribution < 1.29 is 0 Å². The van der Waals surface area contributed by atoms with Crippen LogP contribution in [-0.2, 0) is 6.42 Å². The third kappa shape index (κ3) is 11.0. The summed E-state index contributed by atoms with van der Waals surface area (Å²) in [5, 5.41) is 0. The van der Waals surface area contributed by atoms with E-state index in [-0.39, 0.29) is 0 Å². The second-order valence-corrected chi connectivity index (χ2v) is 7.96. The Balaban J connectivity index is 2.10. The summed E-state index contributed by atoms with van der Waals surface area (Å²) in [4.78, 5) is 0. The minimum atomic E-state index is 0.683. The van der Waals surface area contributed by atoms with Crippen LogP contribution in [0.25, 0.3) is 0 Å². The highest BCUT2D eigenvalue weighted by Crippen LogP contribution is 2.19. The van der Waals surface area contributed by atoms with Crippen LogP contribution in [0.2, 0.25) is 0 Å². The maximum atomic E-state index is 4.06. The van der Waals surface area contributed by atoms with Crippen molar-refractivity contribution in [2.24, 2.45) is 5.92 Å². The lowest BCUT2D eigenvalue weighted by Crippen LogP contribution is -1.96. The van der Waals surface area contributed by atoms with Gasteiger partial charge in [0.25, 0.3) is 0 Å². The van der Waals surface area contributed by atoms with Crippen molar-refractivity contribution in [2.75, 3.05) is 0 Å². The Bertz CT molecular complexity index is 529. The number of rotatable bonds is 16. The highest BCUT2D eigenvalue weighted by Gasteiger charge is 2.03. The van der Waals surface area contributed by atoms with Gasteiger partial charge in [-0.05, 0) is 75.0 Å². The topological polar surface area (TPSA) is 0 Å². The summed E-state index contributed by atoms with van der Waals surface area (Å²) in [5.41, 5.74) is 4.30. The first-order chi connectivity index (χ1) is 13.2. The molecular formula is C27H42. The number of hydrogen-bond acceptors (Lipinski definition) is 0. The van der Waals surface area contributed by atoms with Crippen LogP contribution >= 0.6 is 0 Å². The molecule has 0 bridgehead atoms. The van der Waals surface area contributed by atoms with Gasteiger partial charge in [-0.3, -0.25) is 0 Å². The minimum absolute atomic E-state index is 0.683. The molecule has 1 unspecified atom stereocenters. The van der Waals surface area contributed by atoms with Gasteiger partial charge in [-0.25, -0.2) is 0 Å². The molecule has 0 spiro atoms. The van der Waals surface area contributed by atoms with Crippen LogP contribution in [0.5, 0.6) is 0 Å². The number of hydrogen-bond donors (Lipinski definition) is 0. The van der Waals surface area contributed by atoms with Crippen molar-refractivity contribution in [1.82, 2.24) is 0 Å².